The minimum atomic E-state index is -0.502. The van der Waals surface area contributed by atoms with Crippen LogP contribution in [0.25, 0.3) is 0 Å². The normalized spacial score (nSPS) is 10.9. The largest absolute Gasteiger partial charge is 0.458 e. The summed E-state index contributed by atoms with van der Waals surface area (Å²) in [5.41, 5.74) is 1.43. The molecule has 0 spiro atoms. The molecule has 0 amide bonds. The van der Waals surface area contributed by atoms with Gasteiger partial charge in [0.15, 0.2) is 0 Å². The maximum absolute atomic E-state index is 11.8. The first-order valence-corrected chi connectivity index (χ1v) is 6.21. The first kappa shape index (κ1) is 15.0. The van der Waals surface area contributed by atoms with Crippen molar-refractivity contribution in [1.29, 1.82) is 0 Å². The van der Waals surface area contributed by atoms with Gasteiger partial charge >= 0.3 is 5.97 Å². The van der Waals surface area contributed by atoms with Crippen LogP contribution in [-0.2, 0) is 9.53 Å². The molecule has 0 fully saturated rings. The minimum Gasteiger partial charge on any atom is -0.458 e. The van der Waals surface area contributed by atoms with E-state index in [-0.39, 0.29) is 24.4 Å². The fourth-order valence-corrected chi connectivity index (χ4v) is 1.62. The van der Waals surface area contributed by atoms with Gasteiger partial charge in [0.2, 0.25) is 0 Å². The highest BCUT2D eigenvalue weighted by atomic mass is 16.5. The van der Waals surface area contributed by atoms with E-state index in [0.717, 1.165) is 12.8 Å². The first-order chi connectivity index (χ1) is 9.19. The molecule has 102 valence electrons. The lowest BCUT2D eigenvalue weighted by Crippen LogP contribution is -2.07. The van der Waals surface area contributed by atoms with Gasteiger partial charge in [-0.25, -0.2) is 4.79 Å². The molecule has 1 aromatic rings. The number of ether oxygens (including phenoxy) is 2. The first-order valence-electron chi connectivity index (χ1n) is 6.21. The van der Waals surface area contributed by atoms with Crippen LogP contribution in [-0.4, -0.2) is 19.0 Å². The topological polar surface area (TPSA) is 52.6 Å². The van der Waals surface area contributed by atoms with Crippen LogP contribution >= 0.6 is 0 Å². The van der Waals surface area contributed by atoms with Gasteiger partial charge in [-0.3, -0.25) is 4.79 Å². The molecule has 0 unspecified atom stereocenters. The van der Waals surface area contributed by atoms with Crippen LogP contribution in [0.4, 0.5) is 0 Å². The summed E-state index contributed by atoms with van der Waals surface area (Å²) in [5.74, 6) is -0.297. The SMILES string of the molecule is CCC/C(C)=C/COC(=O)c1ccccc1OC=O. The van der Waals surface area contributed by atoms with Crippen molar-refractivity contribution < 1.29 is 19.1 Å². The van der Waals surface area contributed by atoms with Crippen LogP contribution in [0, 0.1) is 0 Å². The zero-order valence-corrected chi connectivity index (χ0v) is 11.2. The Morgan fingerprint density at radius 2 is 2.05 bits per heavy atom. The van der Waals surface area contributed by atoms with E-state index < -0.39 is 5.97 Å². The molecule has 0 heterocycles. The van der Waals surface area contributed by atoms with Gasteiger partial charge in [0.05, 0.1) is 0 Å². The van der Waals surface area contributed by atoms with E-state index in [9.17, 15) is 9.59 Å². The van der Waals surface area contributed by atoms with Gasteiger partial charge in [0.25, 0.3) is 6.47 Å². The van der Waals surface area contributed by atoms with Crippen molar-refractivity contribution in [2.75, 3.05) is 6.61 Å². The van der Waals surface area contributed by atoms with Gasteiger partial charge < -0.3 is 9.47 Å². The molecule has 0 aromatic heterocycles. The standard InChI is InChI=1S/C15H18O4/c1-3-6-12(2)9-10-18-15(17)13-7-4-5-8-14(13)19-11-16/h4-5,7-9,11H,3,6,10H2,1-2H3/b12-9+. The quantitative estimate of drug-likeness (QED) is 0.430. The Morgan fingerprint density at radius 1 is 1.32 bits per heavy atom. The predicted octanol–water partition coefficient (Wildman–Crippen LogP) is 3.13. The highest BCUT2D eigenvalue weighted by molar-refractivity contribution is 5.92. The molecular weight excluding hydrogens is 244 g/mol. The third-order valence-electron chi connectivity index (χ3n) is 2.57. The summed E-state index contributed by atoms with van der Waals surface area (Å²) < 4.78 is 9.85. The molecule has 0 aliphatic rings. The van der Waals surface area contributed by atoms with Crippen LogP contribution < -0.4 is 4.74 Å². The van der Waals surface area contributed by atoms with Crippen molar-refractivity contribution in [3.05, 3.63) is 41.5 Å². The highest BCUT2D eigenvalue weighted by Gasteiger charge is 2.12. The third-order valence-corrected chi connectivity index (χ3v) is 2.57. The van der Waals surface area contributed by atoms with E-state index >= 15 is 0 Å². The van der Waals surface area contributed by atoms with Gasteiger partial charge in [-0.1, -0.05) is 31.1 Å². The maximum atomic E-state index is 11.8. The Hall–Kier alpha value is -2.10. The number of esters is 1. The van der Waals surface area contributed by atoms with Gasteiger partial charge in [0, 0.05) is 0 Å². The lowest BCUT2D eigenvalue weighted by Gasteiger charge is -2.06. The fourth-order valence-electron chi connectivity index (χ4n) is 1.62. The molecule has 0 atom stereocenters. The molecule has 4 heteroatoms. The predicted molar refractivity (Wildman–Crippen MR) is 72.1 cm³/mol. The molecule has 0 saturated heterocycles. The van der Waals surface area contributed by atoms with E-state index in [1.165, 1.54) is 5.57 Å². The Morgan fingerprint density at radius 3 is 2.74 bits per heavy atom. The molecule has 0 bridgehead atoms. The van der Waals surface area contributed by atoms with Gasteiger partial charge in [0.1, 0.15) is 17.9 Å². The molecule has 0 saturated carbocycles. The Labute approximate surface area is 113 Å². The number of hydrogen-bond acceptors (Lipinski definition) is 4. The average Bonchev–Trinajstić information content (AvgIpc) is 2.40. The number of allylic oxidation sites excluding steroid dienone is 1. The monoisotopic (exact) mass is 262 g/mol. The number of carbonyl (C=O) groups excluding carboxylic acids is 2. The second kappa shape index (κ2) is 8.08. The Balaban J connectivity index is 2.63. The van der Waals surface area contributed by atoms with E-state index in [1.54, 1.807) is 24.3 Å². The second-order valence-corrected chi connectivity index (χ2v) is 4.11. The van der Waals surface area contributed by atoms with Crippen LogP contribution in [0.15, 0.2) is 35.9 Å². The maximum Gasteiger partial charge on any atom is 0.342 e. The molecule has 0 N–H and O–H groups in total. The van der Waals surface area contributed by atoms with Crippen molar-refractivity contribution in [3.8, 4) is 5.75 Å². The molecule has 0 aliphatic carbocycles. The van der Waals surface area contributed by atoms with Crippen molar-refractivity contribution in [2.45, 2.75) is 26.7 Å². The minimum absolute atomic E-state index is 0.205. The van der Waals surface area contributed by atoms with Crippen LogP contribution in [0.1, 0.15) is 37.0 Å². The summed E-state index contributed by atoms with van der Waals surface area (Å²) in [5, 5.41) is 0. The summed E-state index contributed by atoms with van der Waals surface area (Å²) in [4.78, 5) is 22.2. The Bertz CT molecular complexity index is 463. The molecule has 1 aromatic carbocycles. The summed E-state index contributed by atoms with van der Waals surface area (Å²) >= 11 is 0. The summed E-state index contributed by atoms with van der Waals surface area (Å²) in [6.07, 6.45) is 3.93. The molecule has 0 aliphatic heterocycles. The van der Waals surface area contributed by atoms with E-state index in [2.05, 4.69) is 6.92 Å². The van der Waals surface area contributed by atoms with E-state index in [0.29, 0.717) is 0 Å². The van der Waals surface area contributed by atoms with Crippen molar-refractivity contribution in [2.24, 2.45) is 0 Å². The number of benzene rings is 1. The highest BCUT2D eigenvalue weighted by Crippen LogP contribution is 2.18. The molecule has 19 heavy (non-hydrogen) atoms. The zero-order chi connectivity index (χ0) is 14.1. The summed E-state index contributed by atoms with van der Waals surface area (Å²) in [7, 11) is 0. The smallest absolute Gasteiger partial charge is 0.342 e. The average molecular weight is 262 g/mol. The van der Waals surface area contributed by atoms with E-state index in [1.807, 2.05) is 13.0 Å². The van der Waals surface area contributed by atoms with Gasteiger partial charge in [-0.05, 0) is 31.6 Å². The number of para-hydroxylation sites is 1. The van der Waals surface area contributed by atoms with Crippen molar-refractivity contribution in [1.82, 2.24) is 0 Å². The van der Waals surface area contributed by atoms with Crippen LogP contribution in [0.5, 0.6) is 5.75 Å². The lowest BCUT2D eigenvalue weighted by molar-refractivity contribution is -0.120. The zero-order valence-electron chi connectivity index (χ0n) is 11.2. The second-order valence-electron chi connectivity index (χ2n) is 4.11. The number of rotatable bonds is 7. The molecular formula is C15H18O4. The fraction of sp³-hybridized carbons (Fsp3) is 0.333. The van der Waals surface area contributed by atoms with Gasteiger partial charge in [-0.2, -0.15) is 0 Å². The molecule has 4 nitrogen and oxygen atoms in total. The van der Waals surface area contributed by atoms with Gasteiger partial charge in [-0.15, -0.1) is 0 Å². The summed E-state index contributed by atoms with van der Waals surface area (Å²) in [6.45, 7) is 4.61. The van der Waals surface area contributed by atoms with Crippen LogP contribution in [0.3, 0.4) is 0 Å². The number of hydrogen-bond donors (Lipinski definition) is 0. The molecule has 1 rings (SSSR count). The third kappa shape index (κ3) is 4.95. The Kier molecular flexibility index (Phi) is 6.36. The van der Waals surface area contributed by atoms with Crippen LogP contribution in [0.2, 0.25) is 0 Å². The molecule has 0 radical (unpaired) electrons. The summed E-state index contributed by atoms with van der Waals surface area (Å²) in [6, 6.07) is 6.47. The lowest BCUT2D eigenvalue weighted by atomic mass is 10.2. The van der Waals surface area contributed by atoms with E-state index in [4.69, 9.17) is 9.47 Å². The van der Waals surface area contributed by atoms with Crippen molar-refractivity contribution in [3.63, 3.8) is 0 Å². The van der Waals surface area contributed by atoms with Crippen molar-refractivity contribution >= 4 is 12.4 Å². The number of carbonyl (C=O) groups is 2.